The van der Waals surface area contributed by atoms with Gasteiger partial charge >= 0.3 is 0 Å². The van der Waals surface area contributed by atoms with Gasteiger partial charge < -0.3 is 5.32 Å². The molecular weight excluding hydrogens is 334 g/mol. The molecule has 132 valence electrons. The summed E-state index contributed by atoms with van der Waals surface area (Å²) in [6.45, 7) is 0. The third-order valence-corrected chi connectivity index (χ3v) is 4.39. The molecule has 0 unspecified atom stereocenters. The lowest BCUT2D eigenvalue weighted by atomic mass is 9.99. The number of hydrogen-bond acceptors (Lipinski definition) is 3. The molecule has 0 saturated heterocycles. The van der Waals surface area contributed by atoms with E-state index in [0.29, 0.717) is 22.6 Å². The van der Waals surface area contributed by atoms with Crippen LogP contribution >= 0.6 is 0 Å². The number of carbonyl (C=O) groups is 1. The van der Waals surface area contributed by atoms with Gasteiger partial charge in [0.1, 0.15) is 11.5 Å². The van der Waals surface area contributed by atoms with Crippen molar-refractivity contribution >= 4 is 17.3 Å². The molecule has 3 aromatic carbocycles. The van der Waals surface area contributed by atoms with Crippen LogP contribution < -0.4 is 5.32 Å². The van der Waals surface area contributed by atoms with E-state index >= 15 is 0 Å². The number of aromatic nitrogens is 2. The fourth-order valence-corrected chi connectivity index (χ4v) is 3.07. The van der Waals surface area contributed by atoms with E-state index in [2.05, 4.69) is 10.4 Å². The molecule has 0 aliphatic rings. The van der Waals surface area contributed by atoms with Gasteiger partial charge in [0, 0.05) is 23.9 Å². The first-order chi connectivity index (χ1) is 13.2. The molecule has 0 aliphatic heterocycles. The van der Waals surface area contributed by atoms with Crippen LogP contribution in [0.1, 0.15) is 15.9 Å². The average molecular weight is 353 g/mol. The van der Waals surface area contributed by atoms with Gasteiger partial charge in [-0.3, -0.25) is 9.48 Å². The Balaban J connectivity index is 1.88. The molecule has 0 atom stereocenters. The average Bonchev–Trinajstić information content (AvgIpc) is 3.06. The van der Waals surface area contributed by atoms with Crippen LogP contribution in [0, 0.1) is 0 Å². The Hall–Kier alpha value is -3.66. The van der Waals surface area contributed by atoms with E-state index < -0.39 is 0 Å². The SMILES string of the molecule is Cn1nc(-c2ccccc2)c(C(=O)c2ccccc2)c1Nc1ccccc1. The largest absolute Gasteiger partial charge is 0.340 e. The van der Waals surface area contributed by atoms with Gasteiger partial charge in [-0.05, 0) is 12.1 Å². The van der Waals surface area contributed by atoms with Crippen LogP contribution in [0.3, 0.4) is 0 Å². The van der Waals surface area contributed by atoms with Crippen LogP contribution in [0.15, 0.2) is 91.0 Å². The van der Waals surface area contributed by atoms with Gasteiger partial charge in [0.2, 0.25) is 0 Å². The maximum atomic E-state index is 13.4. The van der Waals surface area contributed by atoms with Crippen molar-refractivity contribution in [2.75, 3.05) is 5.32 Å². The first-order valence-electron chi connectivity index (χ1n) is 8.78. The first-order valence-corrected chi connectivity index (χ1v) is 8.78. The summed E-state index contributed by atoms with van der Waals surface area (Å²) in [7, 11) is 1.85. The standard InChI is InChI=1S/C23H19N3O/c1-26-23(24-19-15-9-4-10-16-19)20(22(27)18-13-7-3-8-14-18)21(25-26)17-11-5-2-6-12-17/h2-16,24H,1H3. The normalized spacial score (nSPS) is 10.6. The third-order valence-electron chi connectivity index (χ3n) is 4.39. The Morgan fingerprint density at radius 3 is 2.00 bits per heavy atom. The van der Waals surface area contributed by atoms with Crippen LogP contribution in [-0.2, 0) is 7.05 Å². The molecule has 0 radical (unpaired) electrons. The number of ketones is 1. The maximum absolute atomic E-state index is 13.4. The van der Waals surface area contributed by atoms with Gasteiger partial charge in [-0.25, -0.2) is 0 Å². The van der Waals surface area contributed by atoms with Crippen molar-refractivity contribution in [2.24, 2.45) is 7.05 Å². The summed E-state index contributed by atoms with van der Waals surface area (Å²) < 4.78 is 1.73. The van der Waals surface area contributed by atoms with E-state index in [-0.39, 0.29) is 5.78 Å². The Morgan fingerprint density at radius 2 is 1.37 bits per heavy atom. The van der Waals surface area contributed by atoms with Gasteiger partial charge in [0.15, 0.2) is 5.78 Å². The van der Waals surface area contributed by atoms with Gasteiger partial charge in [0.25, 0.3) is 0 Å². The number of carbonyl (C=O) groups excluding carboxylic acids is 1. The summed E-state index contributed by atoms with van der Waals surface area (Å²) in [5.41, 5.74) is 3.69. The summed E-state index contributed by atoms with van der Waals surface area (Å²) in [6, 6.07) is 28.9. The van der Waals surface area contributed by atoms with E-state index in [4.69, 9.17) is 0 Å². The summed E-state index contributed by atoms with van der Waals surface area (Å²) >= 11 is 0. The topological polar surface area (TPSA) is 46.9 Å². The number of aryl methyl sites for hydroxylation is 1. The predicted molar refractivity (Wildman–Crippen MR) is 108 cm³/mol. The second-order valence-corrected chi connectivity index (χ2v) is 6.25. The minimum absolute atomic E-state index is 0.0546. The molecule has 0 aliphatic carbocycles. The van der Waals surface area contributed by atoms with Gasteiger partial charge in [0.05, 0.1) is 5.56 Å². The molecule has 1 aromatic heterocycles. The fraction of sp³-hybridized carbons (Fsp3) is 0.0435. The minimum atomic E-state index is -0.0546. The zero-order chi connectivity index (χ0) is 18.6. The smallest absolute Gasteiger partial charge is 0.199 e. The van der Waals surface area contributed by atoms with E-state index in [1.165, 1.54) is 0 Å². The molecule has 4 heteroatoms. The molecule has 1 N–H and O–H groups in total. The Bertz CT molecular complexity index is 1060. The number of rotatable bonds is 5. The molecule has 4 rings (SSSR count). The van der Waals surface area contributed by atoms with Crippen molar-refractivity contribution in [2.45, 2.75) is 0 Å². The van der Waals surface area contributed by atoms with E-state index in [0.717, 1.165) is 11.3 Å². The van der Waals surface area contributed by atoms with Crippen molar-refractivity contribution in [1.29, 1.82) is 0 Å². The monoisotopic (exact) mass is 353 g/mol. The van der Waals surface area contributed by atoms with Crippen molar-refractivity contribution < 1.29 is 4.79 Å². The van der Waals surface area contributed by atoms with Crippen molar-refractivity contribution in [3.63, 3.8) is 0 Å². The lowest BCUT2D eigenvalue weighted by molar-refractivity contribution is 0.104. The Morgan fingerprint density at radius 1 is 0.815 bits per heavy atom. The molecule has 0 spiro atoms. The van der Waals surface area contributed by atoms with Gasteiger partial charge in [-0.2, -0.15) is 5.10 Å². The lowest BCUT2D eigenvalue weighted by Gasteiger charge is -2.10. The second kappa shape index (κ2) is 7.30. The zero-order valence-corrected chi connectivity index (χ0v) is 15.0. The van der Waals surface area contributed by atoms with E-state index in [1.807, 2.05) is 98.0 Å². The van der Waals surface area contributed by atoms with Gasteiger partial charge in [-0.15, -0.1) is 0 Å². The van der Waals surface area contributed by atoms with Crippen molar-refractivity contribution in [3.8, 4) is 11.3 Å². The first kappa shape index (κ1) is 16.8. The number of nitrogens with one attached hydrogen (secondary N) is 1. The predicted octanol–water partition coefficient (Wildman–Crippen LogP) is 5.06. The number of para-hydroxylation sites is 1. The van der Waals surface area contributed by atoms with E-state index in [9.17, 15) is 4.79 Å². The van der Waals surface area contributed by atoms with Crippen molar-refractivity contribution in [1.82, 2.24) is 9.78 Å². The van der Waals surface area contributed by atoms with Crippen LogP contribution in [-0.4, -0.2) is 15.6 Å². The number of nitrogens with zero attached hydrogens (tertiary/aromatic N) is 2. The quantitative estimate of drug-likeness (QED) is 0.510. The molecule has 0 bridgehead atoms. The third kappa shape index (κ3) is 3.37. The van der Waals surface area contributed by atoms with Crippen molar-refractivity contribution in [3.05, 3.63) is 102 Å². The number of anilines is 2. The minimum Gasteiger partial charge on any atom is -0.340 e. The second-order valence-electron chi connectivity index (χ2n) is 6.25. The van der Waals surface area contributed by atoms with Gasteiger partial charge in [-0.1, -0.05) is 78.9 Å². The van der Waals surface area contributed by atoms with Crippen LogP contribution in [0.2, 0.25) is 0 Å². The number of hydrogen-bond donors (Lipinski definition) is 1. The molecule has 4 nitrogen and oxygen atoms in total. The Kier molecular flexibility index (Phi) is 4.54. The van der Waals surface area contributed by atoms with Crippen LogP contribution in [0.5, 0.6) is 0 Å². The molecule has 1 heterocycles. The Labute approximate surface area is 158 Å². The summed E-state index contributed by atoms with van der Waals surface area (Å²) in [6.07, 6.45) is 0. The van der Waals surface area contributed by atoms with Crippen LogP contribution in [0.25, 0.3) is 11.3 Å². The molecule has 0 amide bonds. The summed E-state index contributed by atoms with van der Waals surface area (Å²) in [5.74, 6) is 0.620. The fourth-order valence-electron chi connectivity index (χ4n) is 3.07. The highest BCUT2D eigenvalue weighted by atomic mass is 16.1. The maximum Gasteiger partial charge on any atom is 0.199 e. The molecule has 4 aromatic rings. The lowest BCUT2D eigenvalue weighted by Crippen LogP contribution is -2.07. The highest BCUT2D eigenvalue weighted by molar-refractivity contribution is 6.15. The van der Waals surface area contributed by atoms with Crippen LogP contribution in [0.4, 0.5) is 11.5 Å². The zero-order valence-electron chi connectivity index (χ0n) is 15.0. The molecule has 0 saturated carbocycles. The highest BCUT2D eigenvalue weighted by Gasteiger charge is 2.24. The molecular formula is C23H19N3O. The molecule has 0 fully saturated rings. The molecule has 27 heavy (non-hydrogen) atoms. The van der Waals surface area contributed by atoms with E-state index in [1.54, 1.807) is 4.68 Å². The highest BCUT2D eigenvalue weighted by Crippen LogP contribution is 2.32. The number of benzene rings is 3. The summed E-state index contributed by atoms with van der Waals surface area (Å²) in [4.78, 5) is 13.4. The summed E-state index contributed by atoms with van der Waals surface area (Å²) in [5, 5.41) is 8.02.